The first kappa shape index (κ1) is 19.9. The second-order valence-corrected chi connectivity index (χ2v) is 9.07. The highest BCUT2D eigenvalue weighted by molar-refractivity contribution is 7.17. The van der Waals surface area contributed by atoms with Gasteiger partial charge in [0.1, 0.15) is 17.2 Å². The van der Waals surface area contributed by atoms with Crippen molar-refractivity contribution < 1.29 is 9.18 Å². The summed E-state index contributed by atoms with van der Waals surface area (Å²) in [7, 11) is 0. The molecule has 0 saturated carbocycles. The molecule has 0 unspecified atom stereocenters. The van der Waals surface area contributed by atoms with Crippen LogP contribution < -0.4 is 5.56 Å². The van der Waals surface area contributed by atoms with Gasteiger partial charge in [-0.05, 0) is 23.8 Å². The van der Waals surface area contributed by atoms with Gasteiger partial charge in [-0.25, -0.2) is 9.37 Å². The maximum absolute atomic E-state index is 13.3. The van der Waals surface area contributed by atoms with Crippen LogP contribution >= 0.6 is 11.3 Å². The van der Waals surface area contributed by atoms with Crippen molar-refractivity contribution >= 4 is 38.4 Å². The summed E-state index contributed by atoms with van der Waals surface area (Å²) in [5.41, 5.74) is 4.57. The maximum atomic E-state index is 13.3. The number of amides is 1. The van der Waals surface area contributed by atoms with Crippen molar-refractivity contribution in [1.29, 1.82) is 0 Å². The Kier molecular flexibility index (Phi) is 4.62. The van der Waals surface area contributed by atoms with Gasteiger partial charge in [0, 0.05) is 52.6 Å². The lowest BCUT2D eigenvalue weighted by Crippen LogP contribution is -2.39. The molecule has 1 N–H and O–H groups in total. The topological polar surface area (TPSA) is 71.0 Å². The molecule has 1 aliphatic heterocycles. The Labute approximate surface area is 191 Å². The molecule has 164 valence electrons. The number of para-hydroxylation sites is 1. The molecule has 33 heavy (non-hydrogen) atoms. The second kappa shape index (κ2) is 7.67. The molecule has 0 radical (unpaired) electrons. The lowest BCUT2D eigenvalue weighted by atomic mass is 10.0. The van der Waals surface area contributed by atoms with Crippen molar-refractivity contribution in [3.05, 3.63) is 87.7 Å². The Balaban J connectivity index is 1.30. The van der Waals surface area contributed by atoms with Crippen molar-refractivity contribution in [3.63, 3.8) is 0 Å². The average molecular weight is 459 g/mol. The van der Waals surface area contributed by atoms with Gasteiger partial charge in [-0.3, -0.25) is 14.2 Å². The molecular weight excluding hydrogens is 439 g/mol. The molecule has 0 saturated heterocycles. The summed E-state index contributed by atoms with van der Waals surface area (Å²) in [5.74, 6) is -0.452. The lowest BCUT2D eigenvalue weighted by Gasteiger charge is -2.27. The third kappa shape index (κ3) is 3.34. The number of nitrogens with zero attached hydrogens (tertiary/aromatic N) is 3. The second-order valence-electron chi connectivity index (χ2n) is 8.21. The highest BCUT2D eigenvalue weighted by Gasteiger charge is 2.24. The minimum absolute atomic E-state index is 0.0713. The maximum Gasteiger partial charge on any atom is 0.263 e. The molecule has 8 heteroatoms. The number of thiophene rings is 1. The van der Waals surface area contributed by atoms with Crippen molar-refractivity contribution in [3.8, 4) is 11.1 Å². The molecule has 5 aromatic rings. The summed E-state index contributed by atoms with van der Waals surface area (Å²) in [6.07, 6.45) is 2.19. The first-order valence-corrected chi connectivity index (χ1v) is 11.6. The van der Waals surface area contributed by atoms with E-state index in [-0.39, 0.29) is 23.8 Å². The number of fused-ring (bicyclic) bond motifs is 4. The van der Waals surface area contributed by atoms with E-state index in [0.717, 1.165) is 28.5 Å². The number of rotatable bonds is 3. The normalized spacial score (nSPS) is 13.5. The summed E-state index contributed by atoms with van der Waals surface area (Å²) < 4.78 is 14.7. The number of benzene rings is 2. The van der Waals surface area contributed by atoms with Crippen molar-refractivity contribution in [2.24, 2.45) is 0 Å². The van der Waals surface area contributed by atoms with E-state index in [4.69, 9.17) is 0 Å². The molecule has 0 fully saturated rings. The Morgan fingerprint density at radius 2 is 1.97 bits per heavy atom. The molecule has 4 heterocycles. The third-order valence-electron chi connectivity index (χ3n) is 6.26. The largest absolute Gasteiger partial charge is 0.358 e. The zero-order valence-electron chi connectivity index (χ0n) is 17.5. The Morgan fingerprint density at radius 1 is 1.15 bits per heavy atom. The van der Waals surface area contributed by atoms with Crippen molar-refractivity contribution in [2.75, 3.05) is 6.54 Å². The van der Waals surface area contributed by atoms with Crippen LogP contribution in [0.2, 0.25) is 0 Å². The first-order valence-electron chi connectivity index (χ1n) is 10.7. The van der Waals surface area contributed by atoms with Crippen LogP contribution in [-0.4, -0.2) is 31.9 Å². The molecule has 6 rings (SSSR count). The van der Waals surface area contributed by atoms with Crippen LogP contribution in [0.3, 0.4) is 0 Å². The van der Waals surface area contributed by atoms with Gasteiger partial charge in [-0.2, -0.15) is 0 Å². The van der Waals surface area contributed by atoms with Gasteiger partial charge >= 0.3 is 0 Å². The molecule has 0 aliphatic carbocycles. The van der Waals surface area contributed by atoms with E-state index in [0.29, 0.717) is 28.9 Å². The number of halogens is 1. The molecular formula is C25H19FN4O2S. The molecule has 1 amide bonds. The summed E-state index contributed by atoms with van der Waals surface area (Å²) in [6, 6.07) is 14.1. The number of hydrogen-bond donors (Lipinski definition) is 1. The van der Waals surface area contributed by atoms with Crippen LogP contribution in [0.25, 0.3) is 32.2 Å². The number of H-pyrrole nitrogens is 1. The predicted molar refractivity (Wildman–Crippen MR) is 127 cm³/mol. The summed E-state index contributed by atoms with van der Waals surface area (Å²) >= 11 is 1.36. The van der Waals surface area contributed by atoms with E-state index in [9.17, 15) is 14.0 Å². The number of nitrogens with one attached hydrogen (secondary N) is 1. The summed E-state index contributed by atoms with van der Waals surface area (Å²) in [6.45, 7) is 1.04. The minimum Gasteiger partial charge on any atom is -0.358 e. The molecule has 0 atom stereocenters. The lowest BCUT2D eigenvalue weighted by molar-refractivity contribution is -0.132. The first-order chi connectivity index (χ1) is 16.1. The number of carbonyl (C=O) groups excluding carboxylic acids is 1. The smallest absolute Gasteiger partial charge is 0.263 e. The fourth-order valence-electron chi connectivity index (χ4n) is 4.55. The molecule has 6 nitrogen and oxygen atoms in total. The Hall–Kier alpha value is -3.78. The van der Waals surface area contributed by atoms with Crippen LogP contribution in [0.15, 0.2) is 65.0 Å². The fraction of sp³-hybridized carbons (Fsp3) is 0.160. The van der Waals surface area contributed by atoms with Crippen LogP contribution in [0.5, 0.6) is 0 Å². The van der Waals surface area contributed by atoms with Crippen LogP contribution in [0.4, 0.5) is 4.39 Å². The molecule has 0 spiro atoms. The zero-order valence-corrected chi connectivity index (χ0v) is 18.4. The van der Waals surface area contributed by atoms with E-state index in [1.165, 1.54) is 40.1 Å². The SMILES string of the molecule is O=C(Cn1cnc2scc(-c3ccc(F)cc3)c2c1=O)N1CCc2[nH]c3ccccc3c2C1. The Bertz CT molecular complexity index is 1580. The number of aromatic nitrogens is 3. The van der Waals surface area contributed by atoms with E-state index >= 15 is 0 Å². The number of hydrogen-bond acceptors (Lipinski definition) is 4. The molecule has 0 bridgehead atoms. The van der Waals surface area contributed by atoms with Gasteiger partial charge < -0.3 is 9.88 Å². The van der Waals surface area contributed by atoms with Gasteiger partial charge in [0.25, 0.3) is 5.56 Å². The fourth-order valence-corrected chi connectivity index (χ4v) is 5.45. The molecule has 1 aliphatic rings. The van der Waals surface area contributed by atoms with Crippen LogP contribution in [-0.2, 0) is 24.3 Å². The van der Waals surface area contributed by atoms with Gasteiger partial charge in [0.2, 0.25) is 5.91 Å². The van der Waals surface area contributed by atoms with E-state index in [1.807, 2.05) is 23.6 Å². The standard InChI is InChI=1S/C25H19FN4O2S/c26-16-7-5-15(6-8-16)19-13-33-24-23(19)25(32)30(14-27-24)12-22(31)29-10-9-21-18(11-29)17-3-1-2-4-20(17)28-21/h1-8,13-14,28H,9-12H2. The number of carbonyl (C=O) groups is 1. The number of aromatic amines is 1. The van der Waals surface area contributed by atoms with Crippen LogP contribution in [0.1, 0.15) is 11.3 Å². The van der Waals surface area contributed by atoms with Gasteiger partial charge in [0.15, 0.2) is 0 Å². The van der Waals surface area contributed by atoms with Crippen LogP contribution in [0, 0.1) is 5.82 Å². The molecule has 3 aromatic heterocycles. The van der Waals surface area contributed by atoms with Crippen molar-refractivity contribution in [2.45, 2.75) is 19.5 Å². The minimum atomic E-state index is -0.334. The molecule has 2 aromatic carbocycles. The van der Waals surface area contributed by atoms with Gasteiger partial charge in [-0.1, -0.05) is 30.3 Å². The third-order valence-corrected chi connectivity index (χ3v) is 7.14. The van der Waals surface area contributed by atoms with Gasteiger partial charge in [0.05, 0.1) is 11.7 Å². The predicted octanol–water partition coefficient (Wildman–Crippen LogP) is 4.33. The summed E-state index contributed by atoms with van der Waals surface area (Å²) in [4.78, 5) is 36.7. The quantitative estimate of drug-likeness (QED) is 0.438. The van der Waals surface area contributed by atoms with E-state index < -0.39 is 0 Å². The monoisotopic (exact) mass is 458 g/mol. The zero-order chi connectivity index (χ0) is 22.5. The van der Waals surface area contributed by atoms with Crippen molar-refractivity contribution in [1.82, 2.24) is 19.4 Å². The Morgan fingerprint density at radius 3 is 2.82 bits per heavy atom. The highest BCUT2D eigenvalue weighted by atomic mass is 32.1. The van der Waals surface area contributed by atoms with Gasteiger partial charge in [-0.15, -0.1) is 11.3 Å². The van der Waals surface area contributed by atoms with E-state index in [2.05, 4.69) is 16.0 Å². The van der Waals surface area contributed by atoms with E-state index in [1.54, 1.807) is 17.0 Å². The highest BCUT2D eigenvalue weighted by Crippen LogP contribution is 2.31. The summed E-state index contributed by atoms with van der Waals surface area (Å²) in [5, 5.41) is 3.44. The average Bonchev–Trinajstić information content (AvgIpc) is 3.43.